The molecule has 0 aromatic heterocycles. The lowest BCUT2D eigenvalue weighted by atomic mass is 9.86. The summed E-state index contributed by atoms with van der Waals surface area (Å²) in [6.07, 6.45) is 21.4. The Morgan fingerprint density at radius 1 is 0.688 bits per heavy atom. The second-order valence-corrected chi connectivity index (χ2v) is 9.74. The monoisotopic (exact) mass is 473 g/mol. The van der Waals surface area contributed by atoms with E-state index in [1.807, 2.05) is 0 Å². The van der Waals surface area contributed by atoms with Crippen molar-refractivity contribution in [1.82, 2.24) is 4.90 Å². The SMILES string of the molecule is CCCCCCCCCCC1C(C(N)=O)C(C(N)=O)CN1CCCCCCCCCC.Cl. The number of nitrogens with zero attached hydrogens (tertiary/aromatic N) is 1. The van der Waals surface area contributed by atoms with Gasteiger partial charge in [0.15, 0.2) is 0 Å². The van der Waals surface area contributed by atoms with E-state index in [2.05, 4.69) is 18.7 Å². The standard InChI is InChI=1S/C26H51N3O2.ClH/c1-3-5-7-9-11-13-15-17-19-23-24(26(28)31)22(25(27)30)21-29(23)20-18-16-14-12-10-8-6-4-2;/h22-24H,3-21H2,1-2H3,(H2,27,30)(H2,28,31);1H. The molecular formula is C26H52ClN3O2. The number of carbonyl (C=O) groups excluding carboxylic acids is 2. The van der Waals surface area contributed by atoms with Gasteiger partial charge in [-0.2, -0.15) is 0 Å². The Kier molecular flexibility index (Phi) is 19.1. The normalized spacial score (nSPS) is 20.9. The predicted molar refractivity (Wildman–Crippen MR) is 138 cm³/mol. The molecule has 0 saturated carbocycles. The number of amides is 2. The van der Waals surface area contributed by atoms with Crippen LogP contribution in [0.15, 0.2) is 0 Å². The molecule has 6 heteroatoms. The van der Waals surface area contributed by atoms with Crippen LogP contribution in [-0.2, 0) is 9.59 Å². The Labute approximate surface area is 204 Å². The maximum Gasteiger partial charge on any atom is 0.222 e. The van der Waals surface area contributed by atoms with Gasteiger partial charge in [0, 0.05) is 12.6 Å². The average molecular weight is 474 g/mol. The maximum atomic E-state index is 12.2. The fourth-order valence-corrected chi connectivity index (χ4v) is 5.21. The van der Waals surface area contributed by atoms with Gasteiger partial charge in [0.05, 0.1) is 11.8 Å². The summed E-state index contributed by atoms with van der Waals surface area (Å²) in [6.45, 7) is 6.04. The number of nitrogens with two attached hydrogens (primary N) is 2. The third kappa shape index (κ3) is 12.4. The van der Waals surface area contributed by atoms with Crippen molar-refractivity contribution in [1.29, 1.82) is 0 Å². The zero-order valence-electron chi connectivity index (χ0n) is 21.0. The van der Waals surface area contributed by atoms with E-state index < -0.39 is 11.8 Å². The zero-order valence-corrected chi connectivity index (χ0v) is 21.8. The van der Waals surface area contributed by atoms with Crippen LogP contribution in [0.5, 0.6) is 0 Å². The van der Waals surface area contributed by atoms with E-state index >= 15 is 0 Å². The second kappa shape index (κ2) is 19.6. The van der Waals surface area contributed by atoms with Crippen molar-refractivity contribution in [2.75, 3.05) is 13.1 Å². The summed E-state index contributed by atoms with van der Waals surface area (Å²) in [4.78, 5) is 26.5. The van der Waals surface area contributed by atoms with E-state index in [1.165, 1.54) is 89.9 Å². The molecule has 1 saturated heterocycles. The summed E-state index contributed by atoms with van der Waals surface area (Å²) < 4.78 is 0. The molecule has 5 nitrogen and oxygen atoms in total. The van der Waals surface area contributed by atoms with Crippen LogP contribution in [0.4, 0.5) is 0 Å². The van der Waals surface area contributed by atoms with Crippen molar-refractivity contribution >= 4 is 24.2 Å². The molecule has 0 bridgehead atoms. The summed E-state index contributed by atoms with van der Waals surface area (Å²) in [5.41, 5.74) is 11.4. The first kappa shape index (κ1) is 31.2. The molecule has 1 aliphatic rings. The van der Waals surface area contributed by atoms with Gasteiger partial charge in [0.1, 0.15) is 0 Å². The van der Waals surface area contributed by atoms with E-state index in [0.717, 1.165) is 25.8 Å². The van der Waals surface area contributed by atoms with Gasteiger partial charge in [-0.3, -0.25) is 14.5 Å². The third-order valence-electron chi connectivity index (χ3n) is 7.09. The molecule has 3 unspecified atom stereocenters. The lowest BCUT2D eigenvalue weighted by Crippen LogP contribution is -2.41. The topological polar surface area (TPSA) is 89.4 Å². The maximum absolute atomic E-state index is 12.2. The van der Waals surface area contributed by atoms with Crippen LogP contribution in [0.25, 0.3) is 0 Å². The van der Waals surface area contributed by atoms with Crippen LogP contribution >= 0.6 is 12.4 Å². The Hall–Kier alpha value is -0.810. The lowest BCUT2D eigenvalue weighted by Gasteiger charge is -2.27. The van der Waals surface area contributed by atoms with E-state index in [4.69, 9.17) is 11.5 Å². The molecule has 3 atom stereocenters. The van der Waals surface area contributed by atoms with Crippen LogP contribution in [0, 0.1) is 11.8 Å². The molecule has 4 N–H and O–H groups in total. The quantitative estimate of drug-likeness (QED) is 0.213. The fourth-order valence-electron chi connectivity index (χ4n) is 5.21. The van der Waals surface area contributed by atoms with E-state index in [9.17, 15) is 9.59 Å². The van der Waals surface area contributed by atoms with Gasteiger partial charge in [0.25, 0.3) is 0 Å². The molecule has 1 heterocycles. The van der Waals surface area contributed by atoms with E-state index in [-0.39, 0.29) is 30.3 Å². The van der Waals surface area contributed by atoms with Gasteiger partial charge < -0.3 is 11.5 Å². The number of unbranched alkanes of at least 4 members (excludes halogenated alkanes) is 14. The first-order valence-electron chi connectivity index (χ1n) is 13.4. The van der Waals surface area contributed by atoms with Crippen LogP contribution in [0.3, 0.4) is 0 Å². The highest BCUT2D eigenvalue weighted by molar-refractivity contribution is 5.87. The van der Waals surface area contributed by atoms with E-state index in [0.29, 0.717) is 6.54 Å². The Bertz CT molecular complexity index is 490. The van der Waals surface area contributed by atoms with Gasteiger partial charge in [-0.1, -0.05) is 110 Å². The van der Waals surface area contributed by atoms with Crippen molar-refractivity contribution < 1.29 is 9.59 Å². The number of hydrogen-bond acceptors (Lipinski definition) is 3. The minimum absolute atomic E-state index is 0. The minimum atomic E-state index is -0.425. The van der Waals surface area contributed by atoms with E-state index in [1.54, 1.807) is 0 Å². The smallest absolute Gasteiger partial charge is 0.222 e. The summed E-state index contributed by atoms with van der Waals surface area (Å²) >= 11 is 0. The highest BCUT2D eigenvalue weighted by atomic mass is 35.5. The van der Waals surface area contributed by atoms with Crippen molar-refractivity contribution in [2.24, 2.45) is 23.3 Å². The lowest BCUT2D eigenvalue weighted by molar-refractivity contribution is -0.130. The predicted octanol–water partition coefficient (Wildman–Crippen LogP) is 5.97. The number of hydrogen-bond donors (Lipinski definition) is 2. The summed E-state index contributed by atoms with van der Waals surface area (Å²) in [5.74, 6) is -1.57. The third-order valence-corrected chi connectivity index (χ3v) is 7.09. The van der Waals surface area contributed by atoms with Crippen LogP contribution in [0.2, 0.25) is 0 Å². The number of rotatable bonds is 20. The van der Waals surface area contributed by atoms with Crippen LogP contribution in [0.1, 0.15) is 123 Å². The average Bonchev–Trinajstić information content (AvgIpc) is 3.11. The van der Waals surface area contributed by atoms with Gasteiger partial charge in [-0.15, -0.1) is 12.4 Å². The Morgan fingerprint density at radius 3 is 1.56 bits per heavy atom. The molecule has 0 radical (unpaired) electrons. The molecule has 1 rings (SSSR count). The summed E-state index contributed by atoms with van der Waals surface area (Å²) in [6, 6.07) is 0.0830. The highest BCUT2D eigenvalue weighted by Gasteiger charge is 2.46. The summed E-state index contributed by atoms with van der Waals surface area (Å²) in [7, 11) is 0. The molecule has 2 amide bonds. The number of carbonyl (C=O) groups is 2. The largest absolute Gasteiger partial charge is 0.369 e. The van der Waals surface area contributed by atoms with Crippen LogP contribution in [-0.4, -0.2) is 35.8 Å². The van der Waals surface area contributed by atoms with Crippen molar-refractivity contribution in [3.8, 4) is 0 Å². The second-order valence-electron chi connectivity index (χ2n) is 9.74. The molecule has 1 aliphatic heterocycles. The molecule has 0 aliphatic carbocycles. The molecule has 0 aromatic carbocycles. The molecule has 0 aromatic rings. The first-order valence-corrected chi connectivity index (χ1v) is 13.4. The van der Waals surface area contributed by atoms with Crippen molar-refractivity contribution in [3.63, 3.8) is 0 Å². The number of halogens is 1. The Balaban J connectivity index is 0.00000961. The zero-order chi connectivity index (χ0) is 22.9. The van der Waals surface area contributed by atoms with Gasteiger partial charge in [-0.25, -0.2) is 0 Å². The van der Waals surface area contributed by atoms with Crippen LogP contribution < -0.4 is 11.5 Å². The molecule has 32 heavy (non-hydrogen) atoms. The van der Waals surface area contributed by atoms with Gasteiger partial charge in [-0.05, 0) is 19.4 Å². The number of primary amides is 2. The Morgan fingerprint density at radius 2 is 1.12 bits per heavy atom. The molecule has 190 valence electrons. The molecule has 1 fully saturated rings. The summed E-state index contributed by atoms with van der Waals surface area (Å²) in [5, 5.41) is 0. The molecule has 0 spiro atoms. The number of likely N-dealkylation sites (tertiary alicyclic amines) is 1. The van der Waals surface area contributed by atoms with Crippen molar-refractivity contribution in [3.05, 3.63) is 0 Å². The first-order chi connectivity index (χ1) is 15.0. The minimum Gasteiger partial charge on any atom is -0.369 e. The van der Waals surface area contributed by atoms with Gasteiger partial charge in [0.2, 0.25) is 11.8 Å². The van der Waals surface area contributed by atoms with Gasteiger partial charge >= 0.3 is 0 Å². The van der Waals surface area contributed by atoms with Crippen molar-refractivity contribution in [2.45, 2.75) is 129 Å². The highest BCUT2D eigenvalue weighted by Crippen LogP contribution is 2.33. The molecular weight excluding hydrogens is 422 g/mol. The fraction of sp³-hybridized carbons (Fsp3) is 0.923.